The maximum Gasteiger partial charge on any atom is 0.248 e. The van der Waals surface area contributed by atoms with Crippen molar-refractivity contribution in [2.24, 2.45) is 0 Å². The smallest absolute Gasteiger partial charge is 0.248 e. The predicted octanol–water partition coefficient (Wildman–Crippen LogP) is 4.05. The number of benzene rings is 2. The number of nitrogens with one attached hydrogen (secondary N) is 1. The minimum Gasteiger partial charge on any atom is -0.493 e. The van der Waals surface area contributed by atoms with Crippen LogP contribution in [0.25, 0.3) is 6.08 Å². The first-order chi connectivity index (χ1) is 10.2. The van der Waals surface area contributed by atoms with Crippen molar-refractivity contribution in [2.75, 3.05) is 11.9 Å². The summed E-state index contributed by atoms with van der Waals surface area (Å²) in [7, 11) is 0. The average Bonchev–Trinajstić information content (AvgIpc) is 2.49. The third kappa shape index (κ3) is 4.21. The van der Waals surface area contributed by atoms with Gasteiger partial charge in [0.05, 0.1) is 6.61 Å². The van der Waals surface area contributed by atoms with Crippen LogP contribution in [0, 0.1) is 6.92 Å². The van der Waals surface area contributed by atoms with E-state index in [1.807, 2.05) is 62.4 Å². The molecule has 1 amide bonds. The number of aryl methyl sites for hydroxylation is 1. The van der Waals surface area contributed by atoms with Crippen LogP contribution in [0.15, 0.2) is 54.6 Å². The first-order valence-corrected chi connectivity index (χ1v) is 6.97. The van der Waals surface area contributed by atoms with Gasteiger partial charge in [-0.15, -0.1) is 0 Å². The van der Waals surface area contributed by atoms with Crippen molar-refractivity contribution in [3.63, 3.8) is 0 Å². The maximum absolute atomic E-state index is 12.0. The van der Waals surface area contributed by atoms with Gasteiger partial charge in [0.15, 0.2) is 0 Å². The van der Waals surface area contributed by atoms with E-state index < -0.39 is 0 Å². The highest BCUT2D eigenvalue weighted by atomic mass is 16.5. The van der Waals surface area contributed by atoms with Crippen LogP contribution in [-0.2, 0) is 4.79 Å². The summed E-state index contributed by atoms with van der Waals surface area (Å²) in [6, 6.07) is 15.3. The van der Waals surface area contributed by atoms with E-state index in [1.54, 1.807) is 6.08 Å². The van der Waals surface area contributed by atoms with Crippen LogP contribution in [0.3, 0.4) is 0 Å². The molecule has 0 aliphatic heterocycles. The Morgan fingerprint density at radius 2 is 1.86 bits per heavy atom. The summed E-state index contributed by atoms with van der Waals surface area (Å²) >= 11 is 0. The predicted molar refractivity (Wildman–Crippen MR) is 86.5 cm³/mol. The molecule has 0 aliphatic rings. The Bertz CT molecular complexity index is 647. The van der Waals surface area contributed by atoms with Crippen LogP contribution in [0.4, 0.5) is 5.69 Å². The summed E-state index contributed by atoms with van der Waals surface area (Å²) in [6.07, 6.45) is 3.28. The second-order valence-electron chi connectivity index (χ2n) is 4.61. The zero-order valence-electron chi connectivity index (χ0n) is 12.3. The molecule has 0 spiro atoms. The number of amides is 1. The first-order valence-electron chi connectivity index (χ1n) is 6.97. The molecule has 0 fully saturated rings. The number of carbonyl (C=O) groups excluding carboxylic acids is 1. The number of anilines is 1. The minimum atomic E-state index is -0.157. The van der Waals surface area contributed by atoms with Crippen LogP contribution in [0.2, 0.25) is 0 Å². The molecule has 0 saturated carbocycles. The molecule has 0 unspecified atom stereocenters. The Morgan fingerprint density at radius 1 is 1.14 bits per heavy atom. The number of hydrogen-bond donors (Lipinski definition) is 1. The highest BCUT2D eigenvalue weighted by molar-refractivity contribution is 6.02. The van der Waals surface area contributed by atoms with E-state index in [1.165, 1.54) is 6.08 Å². The summed E-state index contributed by atoms with van der Waals surface area (Å²) < 4.78 is 5.52. The average molecular weight is 281 g/mol. The zero-order chi connectivity index (χ0) is 15.1. The van der Waals surface area contributed by atoms with Crippen molar-refractivity contribution in [1.29, 1.82) is 0 Å². The Hall–Kier alpha value is -2.55. The molecule has 0 saturated heterocycles. The lowest BCUT2D eigenvalue weighted by Gasteiger charge is -2.07. The fourth-order valence-corrected chi connectivity index (χ4v) is 1.96. The summed E-state index contributed by atoms with van der Waals surface area (Å²) in [6.45, 7) is 4.50. The molecular formula is C18H19NO2. The highest BCUT2D eigenvalue weighted by Crippen LogP contribution is 2.19. The standard InChI is InChI=1S/C18H19NO2/c1-3-21-17-11-7-5-9-15(17)12-13-18(20)19-16-10-6-4-8-14(16)2/h4-13H,3H2,1-2H3,(H,19,20)/b13-12+. The normalized spacial score (nSPS) is 10.6. The molecule has 3 nitrogen and oxygen atoms in total. The number of hydrogen-bond acceptors (Lipinski definition) is 2. The number of carbonyl (C=O) groups is 1. The van der Waals surface area contributed by atoms with Gasteiger partial charge >= 0.3 is 0 Å². The van der Waals surface area contributed by atoms with E-state index in [0.29, 0.717) is 6.61 Å². The fourth-order valence-electron chi connectivity index (χ4n) is 1.96. The molecule has 2 aromatic rings. The van der Waals surface area contributed by atoms with E-state index in [-0.39, 0.29) is 5.91 Å². The van der Waals surface area contributed by atoms with Gasteiger partial charge in [0.1, 0.15) is 5.75 Å². The molecule has 3 heteroatoms. The topological polar surface area (TPSA) is 38.3 Å². The van der Waals surface area contributed by atoms with E-state index in [0.717, 1.165) is 22.6 Å². The Morgan fingerprint density at radius 3 is 2.62 bits per heavy atom. The third-order valence-corrected chi connectivity index (χ3v) is 3.04. The molecule has 1 N–H and O–H groups in total. The third-order valence-electron chi connectivity index (χ3n) is 3.04. The van der Waals surface area contributed by atoms with E-state index in [2.05, 4.69) is 5.32 Å². The van der Waals surface area contributed by atoms with Crippen molar-refractivity contribution in [2.45, 2.75) is 13.8 Å². The molecule has 0 bridgehead atoms. The van der Waals surface area contributed by atoms with Gasteiger partial charge in [-0.2, -0.15) is 0 Å². The monoisotopic (exact) mass is 281 g/mol. The van der Waals surface area contributed by atoms with Crippen LogP contribution in [-0.4, -0.2) is 12.5 Å². The molecule has 2 aromatic carbocycles. The lowest BCUT2D eigenvalue weighted by Crippen LogP contribution is -2.08. The van der Waals surface area contributed by atoms with Crippen LogP contribution >= 0.6 is 0 Å². The largest absolute Gasteiger partial charge is 0.493 e. The van der Waals surface area contributed by atoms with Crippen molar-refractivity contribution in [1.82, 2.24) is 0 Å². The zero-order valence-corrected chi connectivity index (χ0v) is 12.3. The molecular weight excluding hydrogens is 262 g/mol. The fraction of sp³-hybridized carbons (Fsp3) is 0.167. The van der Waals surface area contributed by atoms with Gasteiger partial charge in [0.2, 0.25) is 5.91 Å². The molecule has 0 aromatic heterocycles. The Labute approximate surface area is 125 Å². The van der Waals surface area contributed by atoms with Gasteiger partial charge in [-0.25, -0.2) is 0 Å². The van der Waals surface area contributed by atoms with Gasteiger partial charge < -0.3 is 10.1 Å². The lowest BCUT2D eigenvalue weighted by molar-refractivity contribution is -0.111. The number of rotatable bonds is 5. The Balaban J connectivity index is 2.07. The first kappa shape index (κ1) is 14.9. The van der Waals surface area contributed by atoms with Crippen molar-refractivity contribution in [3.8, 4) is 5.75 Å². The van der Waals surface area contributed by atoms with Gasteiger partial charge in [0.25, 0.3) is 0 Å². The maximum atomic E-state index is 12.0. The quantitative estimate of drug-likeness (QED) is 0.840. The van der Waals surface area contributed by atoms with Crippen LogP contribution < -0.4 is 10.1 Å². The molecule has 0 radical (unpaired) electrons. The van der Waals surface area contributed by atoms with E-state index >= 15 is 0 Å². The highest BCUT2D eigenvalue weighted by Gasteiger charge is 2.02. The minimum absolute atomic E-state index is 0.157. The summed E-state index contributed by atoms with van der Waals surface area (Å²) in [4.78, 5) is 12.0. The Kier molecular flexibility index (Phi) is 5.16. The van der Waals surface area contributed by atoms with Gasteiger partial charge in [-0.3, -0.25) is 4.79 Å². The summed E-state index contributed by atoms with van der Waals surface area (Å²) in [5, 5.41) is 2.87. The summed E-state index contributed by atoms with van der Waals surface area (Å²) in [5.74, 6) is 0.621. The van der Waals surface area contributed by atoms with Gasteiger partial charge in [-0.1, -0.05) is 36.4 Å². The van der Waals surface area contributed by atoms with Gasteiger partial charge in [0, 0.05) is 17.3 Å². The van der Waals surface area contributed by atoms with E-state index in [4.69, 9.17) is 4.74 Å². The molecule has 0 atom stereocenters. The second-order valence-corrected chi connectivity index (χ2v) is 4.61. The van der Waals surface area contributed by atoms with Crippen molar-refractivity contribution in [3.05, 3.63) is 65.7 Å². The molecule has 2 rings (SSSR count). The number of para-hydroxylation sites is 2. The molecule has 108 valence electrons. The van der Waals surface area contributed by atoms with Crippen LogP contribution in [0.1, 0.15) is 18.1 Å². The van der Waals surface area contributed by atoms with E-state index in [9.17, 15) is 4.79 Å². The second kappa shape index (κ2) is 7.29. The number of ether oxygens (including phenoxy) is 1. The molecule has 0 aliphatic carbocycles. The molecule has 0 heterocycles. The van der Waals surface area contributed by atoms with Crippen molar-refractivity contribution < 1.29 is 9.53 Å². The summed E-state index contributed by atoms with van der Waals surface area (Å²) in [5.41, 5.74) is 2.75. The van der Waals surface area contributed by atoms with Crippen molar-refractivity contribution >= 4 is 17.7 Å². The SMILES string of the molecule is CCOc1ccccc1/C=C/C(=O)Nc1ccccc1C. The van der Waals surface area contributed by atoms with Crippen LogP contribution in [0.5, 0.6) is 5.75 Å². The van der Waals surface area contributed by atoms with Gasteiger partial charge in [-0.05, 0) is 37.6 Å². The molecule has 21 heavy (non-hydrogen) atoms. The lowest BCUT2D eigenvalue weighted by atomic mass is 10.1.